The lowest BCUT2D eigenvalue weighted by atomic mass is 9.84. The highest BCUT2D eigenvalue weighted by atomic mass is 35.5. The number of rotatable bonds is 5. The van der Waals surface area contributed by atoms with Crippen molar-refractivity contribution in [1.29, 1.82) is 0 Å². The third-order valence-corrected chi connectivity index (χ3v) is 3.64. The first kappa shape index (κ1) is 14.3. The Morgan fingerprint density at radius 3 is 2.58 bits per heavy atom. The number of hydrogen-bond donors (Lipinski definition) is 1. The smallest absolute Gasteiger partial charge is 0.344 e. The molecule has 1 aromatic carbocycles. The van der Waals surface area contributed by atoms with E-state index in [4.69, 9.17) is 11.6 Å². The van der Waals surface area contributed by atoms with Crippen molar-refractivity contribution in [1.82, 2.24) is 0 Å². The minimum atomic E-state index is -2.08. The average Bonchev–Trinajstić information content (AvgIpc) is 3.22. The van der Waals surface area contributed by atoms with Crippen molar-refractivity contribution in [3.63, 3.8) is 0 Å². The molecule has 0 aromatic heterocycles. The van der Waals surface area contributed by atoms with E-state index in [0.717, 1.165) is 0 Å². The number of esters is 1. The lowest BCUT2D eigenvalue weighted by Crippen LogP contribution is -2.44. The molecule has 1 aromatic rings. The zero-order valence-electron chi connectivity index (χ0n) is 10.6. The van der Waals surface area contributed by atoms with Crippen LogP contribution < -0.4 is 0 Å². The standard InChI is InChI=1S/C14H16ClFO3/c1-2-19-13(17)12(16)14(18,9-3-4-9)10-5-7-11(15)8-6-10/h5-9,12,18H,2-4H2,1H3. The number of aliphatic hydroxyl groups is 1. The molecule has 0 amide bonds. The van der Waals surface area contributed by atoms with Gasteiger partial charge < -0.3 is 9.84 Å². The summed E-state index contributed by atoms with van der Waals surface area (Å²) >= 11 is 5.78. The number of alkyl halides is 1. The highest BCUT2D eigenvalue weighted by Crippen LogP contribution is 2.49. The highest BCUT2D eigenvalue weighted by molar-refractivity contribution is 6.30. The van der Waals surface area contributed by atoms with Crippen LogP contribution in [0.1, 0.15) is 25.3 Å². The lowest BCUT2D eigenvalue weighted by molar-refractivity contribution is -0.164. The predicted molar refractivity (Wildman–Crippen MR) is 69.6 cm³/mol. The molecule has 3 nitrogen and oxygen atoms in total. The molecule has 5 heteroatoms. The molecule has 1 aliphatic carbocycles. The van der Waals surface area contributed by atoms with Gasteiger partial charge in [0.15, 0.2) is 0 Å². The van der Waals surface area contributed by atoms with E-state index in [1.807, 2.05) is 0 Å². The molecular formula is C14H16ClFO3. The Bertz CT molecular complexity index is 458. The van der Waals surface area contributed by atoms with Gasteiger partial charge >= 0.3 is 5.97 Å². The molecule has 0 saturated heterocycles. The first-order valence-corrected chi connectivity index (χ1v) is 6.67. The van der Waals surface area contributed by atoms with Crippen LogP contribution in [-0.4, -0.2) is 23.9 Å². The number of benzene rings is 1. The molecule has 104 valence electrons. The van der Waals surface area contributed by atoms with Gasteiger partial charge in [-0.05, 0) is 43.4 Å². The SMILES string of the molecule is CCOC(=O)C(F)C(O)(c1ccc(Cl)cc1)C1CC1. The van der Waals surface area contributed by atoms with Crippen LogP contribution in [0, 0.1) is 5.92 Å². The zero-order valence-corrected chi connectivity index (χ0v) is 11.4. The van der Waals surface area contributed by atoms with Crippen molar-refractivity contribution in [2.45, 2.75) is 31.5 Å². The van der Waals surface area contributed by atoms with Crippen LogP contribution in [0.25, 0.3) is 0 Å². The molecule has 0 bridgehead atoms. The molecular weight excluding hydrogens is 271 g/mol. The van der Waals surface area contributed by atoms with Crippen molar-refractivity contribution < 1.29 is 19.0 Å². The fourth-order valence-corrected chi connectivity index (χ4v) is 2.35. The Balaban J connectivity index is 2.32. The van der Waals surface area contributed by atoms with E-state index in [9.17, 15) is 14.3 Å². The van der Waals surface area contributed by atoms with E-state index in [1.54, 1.807) is 31.2 Å². The average molecular weight is 287 g/mol. The van der Waals surface area contributed by atoms with Crippen molar-refractivity contribution in [2.75, 3.05) is 6.61 Å². The highest BCUT2D eigenvalue weighted by Gasteiger charge is 2.54. The van der Waals surface area contributed by atoms with E-state index in [0.29, 0.717) is 23.4 Å². The van der Waals surface area contributed by atoms with E-state index >= 15 is 0 Å². The van der Waals surface area contributed by atoms with Gasteiger partial charge in [0, 0.05) is 5.02 Å². The van der Waals surface area contributed by atoms with Crippen molar-refractivity contribution >= 4 is 17.6 Å². The molecule has 1 saturated carbocycles. The fourth-order valence-electron chi connectivity index (χ4n) is 2.22. The Kier molecular flexibility index (Phi) is 4.11. The lowest BCUT2D eigenvalue weighted by Gasteiger charge is -2.31. The summed E-state index contributed by atoms with van der Waals surface area (Å²) in [6.45, 7) is 1.68. The molecule has 0 aliphatic heterocycles. The Hall–Kier alpha value is -1.13. The van der Waals surface area contributed by atoms with Crippen LogP contribution in [0.3, 0.4) is 0 Å². The fraction of sp³-hybridized carbons (Fsp3) is 0.500. The largest absolute Gasteiger partial charge is 0.464 e. The monoisotopic (exact) mass is 286 g/mol. The Morgan fingerprint density at radius 1 is 1.53 bits per heavy atom. The summed E-state index contributed by atoms with van der Waals surface area (Å²) in [7, 11) is 0. The normalized spacial score (nSPS) is 19.6. The van der Waals surface area contributed by atoms with Crippen LogP contribution in [-0.2, 0) is 15.1 Å². The van der Waals surface area contributed by atoms with Crippen molar-refractivity contribution in [3.8, 4) is 0 Å². The molecule has 2 rings (SSSR count). The number of ether oxygens (including phenoxy) is 1. The van der Waals surface area contributed by atoms with Gasteiger partial charge in [0.05, 0.1) is 6.61 Å². The van der Waals surface area contributed by atoms with E-state index in [-0.39, 0.29) is 12.5 Å². The van der Waals surface area contributed by atoms with Crippen LogP contribution in [0.5, 0.6) is 0 Å². The van der Waals surface area contributed by atoms with Gasteiger partial charge in [0.1, 0.15) is 5.60 Å². The molecule has 1 N–H and O–H groups in total. The van der Waals surface area contributed by atoms with Gasteiger partial charge in [-0.2, -0.15) is 0 Å². The van der Waals surface area contributed by atoms with E-state index in [1.165, 1.54) is 0 Å². The second-order valence-electron chi connectivity index (χ2n) is 4.72. The van der Waals surface area contributed by atoms with Gasteiger partial charge in [-0.1, -0.05) is 23.7 Å². The summed E-state index contributed by atoms with van der Waals surface area (Å²) in [5.41, 5.74) is -1.46. The molecule has 1 fully saturated rings. The summed E-state index contributed by atoms with van der Waals surface area (Å²) in [5.74, 6) is -1.28. The minimum absolute atomic E-state index is 0.0839. The Morgan fingerprint density at radius 2 is 2.11 bits per heavy atom. The number of carbonyl (C=O) groups is 1. The minimum Gasteiger partial charge on any atom is -0.464 e. The predicted octanol–water partition coefficient (Wildman–Crippen LogP) is 2.84. The first-order valence-electron chi connectivity index (χ1n) is 6.29. The molecule has 1 aliphatic rings. The van der Waals surface area contributed by atoms with Crippen LogP contribution >= 0.6 is 11.6 Å². The van der Waals surface area contributed by atoms with Crippen LogP contribution in [0.15, 0.2) is 24.3 Å². The Labute approximate surface area is 116 Å². The van der Waals surface area contributed by atoms with Gasteiger partial charge in [0.25, 0.3) is 0 Å². The van der Waals surface area contributed by atoms with Gasteiger partial charge in [0.2, 0.25) is 6.17 Å². The van der Waals surface area contributed by atoms with Crippen molar-refractivity contribution in [2.24, 2.45) is 5.92 Å². The van der Waals surface area contributed by atoms with Gasteiger partial charge in [-0.25, -0.2) is 9.18 Å². The number of halogens is 2. The third kappa shape index (κ3) is 2.74. The summed E-state index contributed by atoms with van der Waals surface area (Å²) in [4.78, 5) is 11.6. The molecule has 0 spiro atoms. The third-order valence-electron chi connectivity index (χ3n) is 3.39. The molecule has 2 unspecified atom stereocenters. The van der Waals surface area contributed by atoms with Crippen LogP contribution in [0.4, 0.5) is 4.39 Å². The summed E-state index contributed by atoms with van der Waals surface area (Å²) in [6, 6.07) is 6.24. The molecule has 19 heavy (non-hydrogen) atoms. The number of carbonyl (C=O) groups excluding carboxylic acids is 1. The van der Waals surface area contributed by atoms with Crippen molar-refractivity contribution in [3.05, 3.63) is 34.9 Å². The van der Waals surface area contributed by atoms with Gasteiger partial charge in [-0.15, -0.1) is 0 Å². The quantitative estimate of drug-likeness (QED) is 0.847. The zero-order chi connectivity index (χ0) is 14.0. The summed E-state index contributed by atoms with van der Waals surface area (Å²) in [6.07, 6.45) is -0.695. The van der Waals surface area contributed by atoms with Crippen LogP contribution in [0.2, 0.25) is 5.02 Å². The molecule has 0 heterocycles. The van der Waals surface area contributed by atoms with E-state index in [2.05, 4.69) is 4.74 Å². The maximum Gasteiger partial charge on any atom is 0.344 e. The maximum absolute atomic E-state index is 14.4. The summed E-state index contributed by atoms with van der Waals surface area (Å²) < 4.78 is 19.0. The molecule has 0 radical (unpaired) electrons. The summed E-state index contributed by atoms with van der Waals surface area (Å²) in [5, 5.41) is 11.2. The second kappa shape index (κ2) is 5.47. The number of hydrogen-bond acceptors (Lipinski definition) is 3. The van der Waals surface area contributed by atoms with E-state index < -0.39 is 17.7 Å². The maximum atomic E-state index is 14.4. The second-order valence-corrected chi connectivity index (χ2v) is 5.16. The first-order chi connectivity index (χ1) is 9.00. The van der Waals surface area contributed by atoms with Gasteiger partial charge in [-0.3, -0.25) is 0 Å². The molecule has 2 atom stereocenters. The topological polar surface area (TPSA) is 46.5 Å².